The fourth-order valence-electron chi connectivity index (χ4n) is 1.66. The first-order valence-electron chi connectivity index (χ1n) is 6.19. The minimum atomic E-state index is -0.0984. The number of hydrogen-bond acceptors (Lipinski definition) is 3. The lowest BCUT2D eigenvalue weighted by Crippen LogP contribution is -2.14. The van der Waals surface area contributed by atoms with E-state index in [4.69, 9.17) is 17.3 Å². The van der Waals surface area contributed by atoms with Crippen molar-refractivity contribution in [3.05, 3.63) is 51.5 Å². The van der Waals surface area contributed by atoms with Crippen LogP contribution in [0, 0.1) is 6.92 Å². The first-order valence-corrected chi connectivity index (χ1v) is 8.35. The van der Waals surface area contributed by atoms with E-state index in [0.29, 0.717) is 16.5 Å². The maximum atomic E-state index is 11.9. The average Bonchev–Trinajstić information content (AvgIpc) is 2.43. The van der Waals surface area contributed by atoms with Gasteiger partial charge in [-0.3, -0.25) is 4.79 Å². The molecule has 0 saturated carbocycles. The molecule has 0 bridgehead atoms. The molecule has 0 saturated heterocycles. The summed E-state index contributed by atoms with van der Waals surface area (Å²) in [5.41, 5.74) is 8.14. The molecule has 0 radical (unpaired) electrons. The van der Waals surface area contributed by atoms with Gasteiger partial charge in [-0.2, -0.15) is 0 Å². The fraction of sp³-hybridized carbons (Fsp3) is 0.133. The van der Waals surface area contributed by atoms with Crippen molar-refractivity contribution < 1.29 is 4.79 Å². The molecule has 0 atom stereocenters. The third-order valence-corrected chi connectivity index (χ3v) is 4.62. The molecule has 3 nitrogen and oxygen atoms in total. The van der Waals surface area contributed by atoms with Crippen molar-refractivity contribution in [3.63, 3.8) is 0 Å². The van der Waals surface area contributed by atoms with Gasteiger partial charge in [0.05, 0.1) is 16.5 Å². The summed E-state index contributed by atoms with van der Waals surface area (Å²) < 4.78 is 0.872. The van der Waals surface area contributed by atoms with Gasteiger partial charge in [0.2, 0.25) is 5.91 Å². The molecule has 6 heteroatoms. The molecule has 0 fully saturated rings. The highest BCUT2D eigenvalue weighted by molar-refractivity contribution is 9.10. The highest BCUT2D eigenvalue weighted by Crippen LogP contribution is 2.26. The molecule has 0 aliphatic heterocycles. The van der Waals surface area contributed by atoms with E-state index in [1.165, 1.54) is 11.8 Å². The quantitative estimate of drug-likeness (QED) is 0.591. The number of nitrogens with two attached hydrogens (primary N) is 1. The van der Waals surface area contributed by atoms with Crippen LogP contribution >= 0.6 is 39.3 Å². The van der Waals surface area contributed by atoms with E-state index in [0.717, 1.165) is 20.6 Å². The van der Waals surface area contributed by atoms with Gasteiger partial charge in [-0.1, -0.05) is 27.5 Å². The normalized spacial score (nSPS) is 10.4. The second kappa shape index (κ2) is 7.20. The van der Waals surface area contributed by atoms with Crippen molar-refractivity contribution in [1.29, 1.82) is 0 Å². The summed E-state index contributed by atoms with van der Waals surface area (Å²) in [6, 6.07) is 11.1. The number of thioether (sulfide) groups is 1. The second-order valence-electron chi connectivity index (χ2n) is 4.48. The predicted molar refractivity (Wildman–Crippen MR) is 94.1 cm³/mol. The average molecular weight is 386 g/mol. The lowest BCUT2D eigenvalue weighted by molar-refractivity contribution is -0.113. The number of nitrogen functional groups attached to an aromatic ring is 1. The monoisotopic (exact) mass is 384 g/mol. The van der Waals surface area contributed by atoms with Crippen LogP contribution in [0.4, 0.5) is 11.4 Å². The van der Waals surface area contributed by atoms with Crippen molar-refractivity contribution in [2.75, 3.05) is 16.8 Å². The summed E-state index contributed by atoms with van der Waals surface area (Å²) in [7, 11) is 0. The number of carbonyl (C=O) groups is 1. The van der Waals surface area contributed by atoms with Crippen molar-refractivity contribution >= 4 is 56.6 Å². The number of aryl methyl sites for hydroxylation is 1. The Hall–Kier alpha value is -1.17. The maximum Gasteiger partial charge on any atom is 0.234 e. The third kappa shape index (κ3) is 4.66. The van der Waals surface area contributed by atoms with E-state index in [2.05, 4.69) is 21.2 Å². The summed E-state index contributed by atoms with van der Waals surface area (Å²) >= 11 is 10.8. The van der Waals surface area contributed by atoms with Gasteiger partial charge in [-0.05, 0) is 48.9 Å². The van der Waals surface area contributed by atoms with Gasteiger partial charge in [0, 0.05) is 15.1 Å². The van der Waals surface area contributed by atoms with Gasteiger partial charge in [0.25, 0.3) is 0 Å². The van der Waals surface area contributed by atoms with E-state index >= 15 is 0 Å². The summed E-state index contributed by atoms with van der Waals surface area (Å²) in [6.07, 6.45) is 0. The van der Waals surface area contributed by atoms with E-state index in [-0.39, 0.29) is 5.91 Å². The molecule has 0 heterocycles. The Morgan fingerprint density at radius 3 is 2.76 bits per heavy atom. The van der Waals surface area contributed by atoms with Gasteiger partial charge >= 0.3 is 0 Å². The molecule has 2 aromatic rings. The molecule has 0 aliphatic rings. The van der Waals surface area contributed by atoms with Crippen LogP contribution in [-0.2, 0) is 4.79 Å². The molecule has 0 unspecified atom stereocenters. The predicted octanol–water partition coefficient (Wildman–Crippen LogP) is 4.72. The van der Waals surface area contributed by atoms with Crippen LogP contribution in [-0.4, -0.2) is 11.7 Å². The van der Waals surface area contributed by atoms with Crippen LogP contribution < -0.4 is 11.1 Å². The molecular weight excluding hydrogens is 372 g/mol. The zero-order valence-electron chi connectivity index (χ0n) is 11.3. The summed E-state index contributed by atoms with van der Waals surface area (Å²) in [6.45, 7) is 1.95. The van der Waals surface area contributed by atoms with Gasteiger partial charge in [0.1, 0.15) is 0 Å². The third-order valence-electron chi connectivity index (χ3n) is 2.82. The van der Waals surface area contributed by atoms with Crippen LogP contribution in [0.25, 0.3) is 0 Å². The number of anilines is 2. The summed E-state index contributed by atoms with van der Waals surface area (Å²) in [5, 5.41) is 3.30. The van der Waals surface area contributed by atoms with Crippen molar-refractivity contribution in [2.24, 2.45) is 0 Å². The summed E-state index contributed by atoms with van der Waals surface area (Å²) in [4.78, 5) is 13.0. The largest absolute Gasteiger partial charge is 0.399 e. The minimum Gasteiger partial charge on any atom is -0.399 e. The summed E-state index contributed by atoms with van der Waals surface area (Å²) in [5.74, 6) is 0.217. The highest BCUT2D eigenvalue weighted by Gasteiger charge is 2.07. The van der Waals surface area contributed by atoms with Crippen LogP contribution in [0.1, 0.15) is 5.56 Å². The molecule has 0 aromatic heterocycles. The molecule has 2 aromatic carbocycles. The SMILES string of the molecule is Cc1cc(SCC(=O)Nc2ccc(Br)cc2Cl)ccc1N. The lowest BCUT2D eigenvalue weighted by atomic mass is 10.2. The van der Waals surface area contributed by atoms with E-state index in [1.54, 1.807) is 12.1 Å². The molecule has 0 spiro atoms. The van der Waals surface area contributed by atoms with Crippen molar-refractivity contribution in [3.8, 4) is 0 Å². The van der Waals surface area contributed by atoms with Crippen molar-refractivity contribution in [1.82, 2.24) is 0 Å². The van der Waals surface area contributed by atoms with Gasteiger partial charge < -0.3 is 11.1 Å². The zero-order chi connectivity index (χ0) is 15.4. The zero-order valence-corrected chi connectivity index (χ0v) is 14.5. The molecule has 0 aliphatic carbocycles. The number of amides is 1. The Morgan fingerprint density at radius 2 is 2.10 bits per heavy atom. The molecule has 21 heavy (non-hydrogen) atoms. The van der Waals surface area contributed by atoms with Crippen LogP contribution in [0.5, 0.6) is 0 Å². The number of hydrogen-bond donors (Lipinski definition) is 2. The Bertz CT molecular complexity index is 679. The lowest BCUT2D eigenvalue weighted by Gasteiger charge is -2.08. The number of benzene rings is 2. The molecule has 2 rings (SSSR count). The Labute approximate surface area is 141 Å². The number of nitrogens with one attached hydrogen (secondary N) is 1. The van der Waals surface area contributed by atoms with E-state index in [9.17, 15) is 4.79 Å². The number of carbonyl (C=O) groups excluding carboxylic acids is 1. The number of rotatable bonds is 4. The van der Waals surface area contributed by atoms with Crippen molar-refractivity contribution in [2.45, 2.75) is 11.8 Å². The highest BCUT2D eigenvalue weighted by atomic mass is 79.9. The van der Waals surface area contributed by atoms with E-state index in [1.807, 2.05) is 31.2 Å². The molecule has 1 amide bonds. The minimum absolute atomic E-state index is 0.0984. The second-order valence-corrected chi connectivity index (χ2v) is 6.85. The molecule has 110 valence electrons. The van der Waals surface area contributed by atoms with Crippen LogP contribution in [0.3, 0.4) is 0 Å². The topological polar surface area (TPSA) is 55.1 Å². The van der Waals surface area contributed by atoms with Gasteiger partial charge in [0.15, 0.2) is 0 Å². The smallest absolute Gasteiger partial charge is 0.234 e. The van der Waals surface area contributed by atoms with Crippen LogP contribution in [0.15, 0.2) is 45.8 Å². The number of halogens is 2. The first-order chi connectivity index (χ1) is 9.95. The van der Waals surface area contributed by atoms with Crippen LogP contribution in [0.2, 0.25) is 5.02 Å². The fourth-order valence-corrected chi connectivity index (χ4v) is 3.18. The Kier molecular flexibility index (Phi) is 5.56. The molecule has 3 N–H and O–H groups in total. The molecular formula is C15H14BrClN2OS. The maximum absolute atomic E-state index is 11.9. The first kappa shape index (κ1) is 16.2. The van der Waals surface area contributed by atoms with E-state index < -0.39 is 0 Å². The van der Waals surface area contributed by atoms with Gasteiger partial charge in [-0.25, -0.2) is 0 Å². The van der Waals surface area contributed by atoms with Gasteiger partial charge in [-0.15, -0.1) is 11.8 Å². The Balaban J connectivity index is 1.94. The standard InChI is InChI=1S/C15H14BrClN2OS/c1-9-6-11(3-4-13(9)18)21-8-15(20)19-14-5-2-10(16)7-12(14)17/h2-7H,8,18H2,1H3,(H,19,20). The Morgan fingerprint density at radius 1 is 1.33 bits per heavy atom.